The van der Waals surface area contributed by atoms with Crippen molar-refractivity contribution in [3.63, 3.8) is 0 Å². The molecule has 0 saturated carbocycles. The minimum absolute atomic E-state index is 0.00725. The van der Waals surface area contributed by atoms with Gasteiger partial charge in [-0.15, -0.1) is 0 Å². The Bertz CT molecular complexity index is 1420. The molecule has 0 unspecified atom stereocenters. The van der Waals surface area contributed by atoms with Crippen LogP contribution in [0.25, 0.3) is 0 Å². The number of alkyl carbamates (subject to hydrolysis) is 1. The lowest BCUT2D eigenvalue weighted by atomic mass is 9.73. The third-order valence-electron chi connectivity index (χ3n) is 9.76. The largest absolute Gasteiger partial charge is 0.548 e. The van der Waals surface area contributed by atoms with Gasteiger partial charge in [-0.2, -0.15) is 0 Å². The number of aliphatic hydroxyl groups is 1. The Labute approximate surface area is 275 Å². The summed E-state index contributed by atoms with van der Waals surface area (Å²) in [4.78, 5) is 41.8. The Morgan fingerprint density at radius 2 is 2.00 bits per heavy atom. The zero-order chi connectivity index (χ0) is 34.2. The van der Waals surface area contributed by atoms with Gasteiger partial charge in [0.25, 0.3) is 0 Å². The van der Waals surface area contributed by atoms with E-state index < -0.39 is 53.2 Å². The maximum atomic E-state index is 13.6. The number of methoxy groups -OCH3 is 2. The number of ether oxygens (including phenoxy) is 4. The van der Waals surface area contributed by atoms with E-state index in [0.717, 1.165) is 11.1 Å². The number of aliphatic carboxylic acids is 1. The molecule has 1 aromatic carbocycles. The molecule has 2 fully saturated rings. The molecule has 3 aliphatic heterocycles. The molecule has 4 bridgehead atoms. The molecule has 2 saturated heterocycles. The van der Waals surface area contributed by atoms with Crippen LogP contribution >= 0.6 is 11.6 Å². The van der Waals surface area contributed by atoms with Gasteiger partial charge in [-0.3, -0.25) is 10.1 Å². The Morgan fingerprint density at radius 1 is 1.30 bits per heavy atom. The summed E-state index contributed by atoms with van der Waals surface area (Å²) in [5.74, 6) is -1.70. The molecule has 3 aliphatic rings. The molecule has 12 nitrogen and oxygen atoms in total. The van der Waals surface area contributed by atoms with Gasteiger partial charge in [0.15, 0.2) is 5.72 Å². The number of carboxylic acid groups (broad SMARTS) is 1. The van der Waals surface area contributed by atoms with Gasteiger partial charge >= 0.3 is 6.09 Å². The molecular weight excluding hydrogens is 618 g/mol. The minimum atomic E-state index is -1.84. The molecule has 1 aromatic rings. The zero-order valence-corrected chi connectivity index (χ0v) is 28.5. The third kappa shape index (κ3) is 6.91. The van der Waals surface area contributed by atoms with E-state index in [-0.39, 0.29) is 31.6 Å². The molecule has 2 amide bonds. The fourth-order valence-electron chi connectivity index (χ4n) is 6.85. The molecule has 46 heavy (non-hydrogen) atoms. The quantitative estimate of drug-likeness (QED) is 0.435. The van der Waals surface area contributed by atoms with E-state index in [0.29, 0.717) is 22.9 Å². The smallest absolute Gasteiger partial charge is 0.409 e. The summed E-state index contributed by atoms with van der Waals surface area (Å²) in [7, 11) is 7.84. The summed E-state index contributed by atoms with van der Waals surface area (Å²) in [6, 6.07) is 2.62. The first kappa shape index (κ1) is 35.7. The average molecular weight is 663 g/mol. The van der Waals surface area contributed by atoms with Crippen molar-refractivity contribution in [2.24, 2.45) is 5.92 Å². The highest BCUT2D eigenvalue weighted by atomic mass is 35.5. The van der Waals surface area contributed by atoms with Crippen LogP contribution in [0.15, 0.2) is 35.9 Å². The summed E-state index contributed by atoms with van der Waals surface area (Å²) in [6.45, 7) is 5.56. The van der Waals surface area contributed by atoms with Crippen molar-refractivity contribution in [3.8, 4) is 5.75 Å². The maximum Gasteiger partial charge on any atom is 0.409 e. The van der Waals surface area contributed by atoms with E-state index in [2.05, 4.69) is 5.32 Å². The van der Waals surface area contributed by atoms with E-state index in [1.807, 2.05) is 32.1 Å². The third-order valence-corrected chi connectivity index (χ3v) is 10.1. The van der Waals surface area contributed by atoms with Crippen molar-refractivity contribution in [3.05, 3.63) is 46.5 Å². The van der Waals surface area contributed by atoms with Crippen LogP contribution in [-0.4, -0.2) is 98.5 Å². The van der Waals surface area contributed by atoms with Crippen molar-refractivity contribution in [2.75, 3.05) is 40.3 Å². The summed E-state index contributed by atoms with van der Waals surface area (Å²) in [5, 5.41) is 26.8. The monoisotopic (exact) mass is 662 g/mol. The molecule has 0 radical (unpaired) electrons. The summed E-state index contributed by atoms with van der Waals surface area (Å²) in [6.07, 6.45) is 3.28. The predicted octanol–water partition coefficient (Wildman–Crippen LogP) is 2.59. The number of halogens is 1. The van der Waals surface area contributed by atoms with Crippen molar-refractivity contribution in [1.29, 1.82) is 0 Å². The molecule has 0 aromatic heterocycles. The molecule has 3 heterocycles. The molecular formula is C33H45ClN3O9-. The number of carbonyl (C=O) groups excluding carboxylic acids is 3. The summed E-state index contributed by atoms with van der Waals surface area (Å²) in [5.41, 5.74) is -1.66. The van der Waals surface area contributed by atoms with Gasteiger partial charge in [-0.1, -0.05) is 42.3 Å². The topological polar surface area (TPSA) is 153 Å². The average Bonchev–Trinajstić information content (AvgIpc) is 3.59. The van der Waals surface area contributed by atoms with E-state index in [1.165, 1.54) is 24.0 Å². The van der Waals surface area contributed by atoms with E-state index in [9.17, 15) is 24.6 Å². The molecule has 13 heteroatoms. The number of likely N-dealkylation sites (N-methyl/N-ethyl adjacent to an activating group) is 1. The minimum Gasteiger partial charge on any atom is -0.548 e. The Kier molecular flexibility index (Phi) is 10.5. The summed E-state index contributed by atoms with van der Waals surface area (Å²) >= 11 is 6.68. The number of nitrogens with one attached hydrogen (secondary N) is 1. The molecule has 7 atom stereocenters. The maximum absolute atomic E-state index is 13.6. The zero-order valence-electron chi connectivity index (χ0n) is 27.7. The second kappa shape index (κ2) is 13.5. The van der Waals surface area contributed by atoms with Crippen LogP contribution in [0.3, 0.4) is 0 Å². The highest BCUT2D eigenvalue weighted by molar-refractivity contribution is 6.35. The van der Waals surface area contributed by atoms with Gasteiger partial charge in [0, 0.05) is 39.3 Å². The molecule has 0 aliphatic carbocycles. The van der Waals surface area contributed by atoms with Crippen LogP contribution < -0.4 is 20.1 Å². The molecule has 4 rings (SSSR count). The Balaban J connectivity index is 1.82. The van der Waals surface area contributed by atoms with Gasteiger partial charge in [-0.25, -0.2) is 4.79 Å². The Hall–Kier alpha value is -3.16. The van der Waals surface area contributed by atoms with Gasteiger partial charge in [0.1, 0.15) is 28.6 Å². The van der Waals surface area contributed by atoms with Gasteiger partial charge < -0.3 is 43.8 Å². The fourth-order valence-corrected chi connectivity index (χ4v) is 7.16. The van der Waals surface area contributed by atoms with Gasteiger partial charge in [0.05, 0.1) is 30.4 Å². The lowest BCUT2D eigenvalue weighted by Gasteiger charge is -2.44. The first-order valence-corrected chi connectivity index (χ1v) is 15.7. The lowest BCUT2D eigenvalue weighted by molar-refractivity contribution is -0.311. The van der Waals surface area contributed by atoms with Crippen molar-refractivity contribution in [2.45, 2.75) is 88.1 Å². The van der Waals surface area contributed by atoms with Crippen molar-refractivity contribution in [1.82, 2.24) is 10.2 Å². The number of carbonyl (C=O) groups is 3. The number of amides is 2. The number of epoxide rings is 1. The van der Waals surface area contributed by atoms with Crippen LogP contribution in [0.2, 0.25) is 5.02 Å². The number of hydrogen-bond donors (Lipinski definition) is 2. The standard InChI is InChI=1S/C33H46ClN3O9/c1-19-10-9-11-26(44-8)33(42)18-25(45-30(41)35-33)20(2)32(17-23(29(39)40)36(4)5)31(3,46-32)13-12-27(38)37(6)22-15-21(14-19)16-24(43-7)28(22)34/h9-11,15-16,20,23,25-26,42H,12-14,17-18H2,1-8H3,(H,35,41)(H,39,40)/p-1/b11-9+,19-10+/t20-,23+,25+,26-,31+,32+,33+/m1/s1. The van der Waals surface area contributed by atoms with Crippen LogP contribution in [-0.2, 0) is 30.2 Å². The number of hydrogen-bond acceptors (Lipinski definition) is 10. The van der Waals surface area contributed by atoms with E-state index in [1.54, 1.807) is 40.2 Å². The fraction of sp³-hybridized carbons (Fsp3) is 0.606. The number of fused-ring (bicyclic) bond motifs is 5. The van der Waals surface area contributed by atoms with Crippen molar-refractivity contribution >= 4 is 35.3 Å². The number of anilines is 1. The van der Waals surface area contributed by atoms with E-state index in [4.69, 9.17) is 30.5 Å². The van der Waals surface area contributed by atoms with Gasteiger partial charge in [-0.05, 0) is 58.5 Å². The van der Waals surface area contributed by atoms with Crippen LogP contribution in [0.5, 0.6) is 5.75 Å². The van der Waals surface area contributed by atoms with Crippen LogP contribution in [0.1, 0.15) is 52.0 Å². The van der Waals surface area contributed by atoms with Crippen molar-refractivity contribution < 1.29 is 43.5 Å². The number of allylic oxidation sites excluding steroid dienone is 3. The predicted molar refractivity (Wildman–Crippen MR) is 170 cm³/mol. The molecule has 254 valence electrons. The summed E-state index contributed by atoms with van der Waals surface area (Å²) < 4.78 is 23.3. The number of benzene rings is 1. The Morgan fingerprint density at radius 3 is 2.61 bits per heavy atom. The highest BCUT2D eigenvalue weighted by Gasteiger charge is 2.71. The van der Waals surface area contributed by atoms with Gasteiger partial charge in [0.2, 0.25) is 5.91 Å². The van der Waals surface area contributed by atoms with Crippen LogP contribution in [0, 0.1) is 5.92 Å². The number of rotatable bonds is 6. The number of carboxylic acids is 1. The highest BCUT2D eigenvalue weighted by Crippen LogP contribution is 2.60. The van der Waals surface area contributed by atoms with E-state index >= 15 is 0 Å². The lowest BCUT2D eigenvalue weighted by Crippen LogP contribution is -2.64. The first-order valence-electron chi connectivity index (χ1n) is 15.3. The molecule has 2 N–H and O–H groups in total. The first-order chi connectivity index (χ1) is 21.5. The van der Waals surface area contributed by atoms with Crippen LogP contribution in [0.4, 0.5) is 10.5 Å². The SMILES string of the molecule is COc1cc2cc(c1Cl)N(C)C(=O)CC[C@]1(C)O[C@@]1(C[C@@H](C(=O)[O-])N(C)C)[C@H](C)[C@@H]1C[C@@](O)(NC(=O)O1)[C@H](OC)/C=C/C=C(\C)C2. The second-order valence-corrected chi connectivity index (χ2v) is 13.4. The normalized spacial score (nSPS) is 34.5. The second-order valence-electron chi connectivity index (χ2n) is 13.0. The molecule has 0 spiro atoms. The number of nitrogens with zero attached hydrogens (tertiary/aromatic N) is 2.